The summed E-state index contributed by atoms with van der Waals surface area (Å²) in [5.74, 6) is 0.902. The number of amidine groups is 1. The molecule has 1 saturated heterocycles. The summed E-state index contributed by atoms with van der Waals surface area (Å²) in [5, 5.41) is 7.70. The quantitative estimate of drug-likeness (QED) is 0.630. The van der Waals surface area contributed by atoms with Gasteiger partial charge in [-0.1, -0.05) is 0 Å². The number of nitrogens with one attached hydrogen (secondary N) is 1. The van der Waals surface area contributed by atoms with Crippen LogP contribution in [0, 0.1) is 5.41 Å². The maximum atomic E-state index is 7.70. The van der Waals surface area contributed by atoms with E-state index in [0.717, 1.165) is 36.5 Å². The highest BCUT2D eigenvalue weighted by Crippen LogP contribution is 2.29. The van der Waals surface area contributed by atoms with Crippen molar-refractivity contribution in [2.45, 2.75) is 12.5 Å². The van der Waals surface area contributed by atoms with E-state index in [9.17, 15) is 0 Å². The molecule has 19 heavy (non-hydrogen) atoms. The van der Waals surface area contributed by atoms with E-state index in [-0.39, 0.29) is 5.84 Å². The Bertz CT molecular complexity index is 473. The Morgan fingerprint density at radius 3 is 2.74 bits per heavy atom. The molecule has 5 heteroatoms. The van der Waals surface area contributed by atoms with Crippen LogP contribution in [0.15, 0.2) is 18.2 Å². The second kappa shape index (κ2) is 5.48. The fourth-order valence-corrected chi connectivity index (χ4v) is 2.51. The molecule has 3 N–H and O–H groups in total. The Morgan fingerprint density at radius 1 is 1.47 bits per heavy atom. The Morgan fingerprint density at radius 2 is 2.21 bits per heavy atom. The Kier molecular flexibility index (Phi) is 3.95. The number of hydrogen-bond acceptors (Lipinski definition) is 4. The molecule has 1 heterocycles. The van der Waals surface area contributed by atoms with Crippen LogP contribution < -0.4 is 15.4 Å². The second-order valence-corrected chi connectivity index (χ2v) is 5.15. The van der Waals surface area contributed by atoms with Crippen LogP contribution in [-0.2, 0) is 0 Å². The maximum Gasteiger partial charge on any atom is 0.124 e. The smallest absolute Gasteiger partial charge is 0.124 e. The van der Waals surface area contributed by atoms with Crippen molar-refractivity contribution in [3.05, 3.63) is 23.8 Å². The van der Waals surface area contributed by atoms with Gasteiger partial charge in [0.25, 0.3) is 0 Å². The molecule has 1 aliphatic heterocycles. The highest BCUT2D eigenvalue weighted by atomic mass is 16.5. The third kappa shape index (κ3) is 2.81. The average molecular weight is 262 g/mol. The number of nitrogen functional groups attached to an aromatic ring is 1. The maximum absolute atomic E-state index is 7.70. The van der Waals surface area contributed by atoms with Crippen LogP contribution in [0.3, 0.4) is 0 Å². The minimum absolute atomic E-state index is 0.103. The Labute approximate surface area is 114 Å². The third-order valence-electron chi connectivity index (χ3n) is 3.73. The molecular formula is C14H22N4O. The van der Waals surface area contributed by atoms with Crippen molar-refractivity contribution in [1.82, 2.24) is 4.90 Å². The largest absolute Gasteiger partial charge is 0.497 e. The van der Waals surface area contributed by atoms with Crippen molar-refractivity contribution in [2.75, 3.05) is 39.2 Å². The summed E-state index contributed by atoms with van der Waals surface area (Å²) in [7, 11) is 5.86. The van der Waals surface area contributed by atoms with E-state index >= 15 is 0 Å². The summed E-state index contributed by atoms with van der Waals surface area (Å²) in [6.07, 6.45) is 1.13. The Balaban J connectivity index is 2.30. The zero-order valence-electron chi connectivity index (χ0n) is 11.8. The van der Waals surface area contributed by atoms with Gasteiger partial charge in [0.15, 0.2) is 0 Å². The topological polar surface area (TPSA) is 65.6 Å². The van der Waals surface area contributed by atoms with Gasteiger partial charge in [-0.15, -0.1) is 0 Å². The van der Waals surface area contributed by atoms with Crippen LogP contribution >= 0.6 is 0 Å². The predicted octanol–water partition coefficient (Wildman–Crippen LogP) is 1.12. The van der Waals surface area contributed by atoms with Gasteiger partial charge in [0, 0.05) is 30.8 Å². The van der Waals surface area contributed by atoms with Gasteiger partial charge in [0.05, 0.1) is 12.8 Å². The standard InChI is InChI=1S/C14H22N4O/c1-17(2)10-6-7-18(9-10)13-8-11(19-3)4-5-12(13)14(15)16/h4-5,8,10H,6-7,9H2,1-3H3,(H3,15,16). The first-order valence-corrected chi connectivity index (χ1v) is 6.46. The van der Waals surface area contributed by atoms with E-state index in [2.05, 4.69) is 23.9 Å². The predicted molar refractivity (Wildman–Crippen MR) is 78.3 cm³/mol. The molecule has 0 saturated carbocycles. The number of rotatable bonds is 4. The minimum atomic E-state index is 0.103. The molecule has 1 atom stereocenters. The molecule has 0 aliphatic carbocycles. The first-order valence-electron chi connectivity index (χ1n) is 6.46. The number of benzene rings is 1. The van der Waals surface area contributed by atoms with Crippen molar-refractivity contribution >= 4 is 11.5 Å². The molecule has 104 valence electrons. The molecular weight excluding hydrogens is 240 g/mol. The molecule has 0 radical (unpaired) electrons. The molecule has 1 aromatic rings. The molecule has 1 aromatic carbocycles. The van der Waals surface area contributed by atoms with Gasteiger partial charge in [-0.2, -0.15) is 0 Å². The second-order valence-electron chi connectivity index (χ2n) is 5.15. The molecule has 5 nitrogen and oxygen atoms in total. The fraction of sp³-hybridized carbons (Fsp3) is 0.500. The van der Waals surface area contributed by atoms with Crippen LogP contribution in [0.5, 0.6) is 5.75 Å². The highest BCUT2D eigenvalue weighted by molar-refractivity contribution is 6.00. The lowest BCUT2D eigenvalue weighted by atomic mass is 10.1. The summed E-state index contributed by atoms with van der Waals surface area (Å²) in [6, 6.07) is 6.22. The van der Waals surface area contributed by atoms with Gasteiger partial charge in [0.1, 0.15) is 11.6 Å². The van der Waals surface area contributed by atoms with Crippen LogP contribution in [0.25, 0.3) is 0 Å². The summed E-state index contributed by atoms with van der Waals surface area (Å²) >= 11 is 0. The Hall–Kier alpha value is -1.75. The van der Waals surface area contributed by atoms with Crippen LogP contribution in [0.2, 0.25) is 0 Å². The molecule has 1 unspecified atom stereocenters. The summed E-state index contributed by atoms with van der Waals surface area (Å²) in [5.41, 5.74) is 7.45. The van der Waals surface area contributed by atoms with Crippen molar-refractivity contribution in [3.8, 4) is 5.75 Å². The molecule has 0 aromatic heterocycles. The van der Waals surface area contributed by atoms with E-state index in [0.29, 0.717) is 6.04 Å². The van der Waals surface area contributed by atoms with Crippen molar-refractivity contribution in [1.29, 1.82) is 5.41 Å². The SMILES string of the molecule is COc1ccc(C(=N)N)c(N2CCC(N(C)C)C2)c1. The number of hydrogen-bond donors (Lipinski definition) is 2. The molecule has 1 aliphatic rings. The summed E-state index contributed by atoms with van der Waals surface area (Å²) < 4.78 is 5.28. The monoisotopic (exact) mass is 262 g/mol. The minimum Gasteiger partial charge on any atom is -0.497 e. The van der Waals surface area contributed by atoms with Crippen molar-refractivity contribution in [2.24, 2.45) is 5.73 Å². The lowest BCUT2D eigenvalue weighted by molar-refractivity contribution is 0.315. The zero-order valence-corrected chi connectivity index (χ0v) is 11.8. The number of ether oxygens (including phenoxy) is 1. The molecule has 1 fully saturated rings. The molecule has 2 rings (SSSR count). The van der Waals surface area contributed by atoms with E-state index in [4.69, 9.17) is 15.9 Å². The van der Waals surface area contributed by atoms with Crippen molar-refractivity contribution in [3.63, 3.8) is 0 Å². The summed E-state index contributed by atoms with van der Waals surface area (Å²) in [4.78, 5) is 4.53. The lowest BCUT2D eigenvalue weighted by Crippen LogP contribution is -2.32. The summed E-state index contributed by atoms with van der Waals surface area (Å²) in [6.45, 7) is 1.94. The lowest BCUT2D eigenvalue weighted by Gasteiger charge is -2.24. The van der Waals surface area contributed by atoms with Crippen LogP contribution in [0.4, 0.5) is 5.69 Å². The third-order valence-corrected chi connectivity index (χ3v) is 3.73. The van der Waals surface area contributed by atoms with Gasteiger partial charge in [-0.05, 0) is 32.6 Å². The van der Waals surface area contributed by atoms with E-state index in [1.165, 1.54) is 0 Å². The number of methoxy groups -OCH3 is 1. The van der Waals surface area contributed by atoms with Crippen molar-refractivity contribution < 1.29 is 4.74 Å². The van der Waals surface area contributed by atoms with Gasteiger partial charge >= 0.3 is 0 Å². The average Bonchev–Trinajstić information content (AvgIpc) is 2.87. The number of nitrogens with two attached hydrogens (primary N) is 1. The zero-order chi connectivity index (χ0) is 14.0. The van der Waals surface area contributed by atoms with Gasteiger partial charge < -0.3 is 20.3 Å². The van der Waals surface area contributed by atoms with Gasteiger partial charge in [-0.3, -0.25) is 5.41 Å². The number of likely N-dealkylation sites (N-methyl/N-ethyl adjacent to an activating group) is 1. The normalized spacial score (nSPS) is 18.9. The van der Waals surface area contributed by atoms with E-state index in [1.54, 1.807) is 7.11 Å². The number of nitrogens with zero attached hydrogens (tertiary/aromatic N) is 2. The van der Waals surface area contributed by atoms with Gasteiger partial charge in [0.2, 0.25) is 0 Å². The molecule has 0 spiro atoms. The first kappa shape index (κ1) is 13.7. The fourth-order valence-electron chi connectivity index (χ4n) is 2.51. The molecule has 0 bridgehead atoms. The van der Waals surface area contributed by atoms with E-state index in [1.807, 2.05) is 18.2 Å². The van der Waals surface area contributed by atoms with Gasteiger partial charge in [-0.25, -0.2) is 0 Å². The molecule has 0 amide bonds. The van der Waals surface area contributed by atoms with Crippen LogP contribution in [0.1, 0.15) is 12.0 Å². The van der Waals surface area contributed by atoms with E-state index < -0.39 is 0 Å². The highest BCUT2D eigenvalue weighted by Gasteiger charge is 2.26. The number of anilines is 1. The van der Waals surface area contributed by atoms with Crippen LogP contribution in [-0.4, -0.2) is 51.1 Å². The first-order chi connectivity index (χ1) is 9.02.